The largest absolute Gasteiger partial charge is 0.491 e. The van der Waals surface area contributed by atoms with Crippen LogP contribution in [0.25, 0.3) is 0 Å². The number of hydrogen-bond acceptors (Lipinski definition) is 6. The highest BCUT2D eigenvalue weighted by Gasteiger charge is 2.56. The summed E-state index contributed by atoms with van der Waals surface area (Å²) in [5.41, 5.74) is 1.12. The van der Waals surface area contributed by atoms with Crippen molar-refractivity contribution in [3.05, 3.63) is 12.3 Å². The van der Waals surface area contributed by atoms with E-state index in [0.717, 1.165) is 44.8 Å². The molecule has 2 fully saturated rings. The third-order valence-corrected chi connectivity index (χ3v) is 5.15. The van der Waals surface area contributed by atoms with Gasteiger partial charge in [-0.2, -0.15) is 0 Å². The normalized spacial score (nSPS) is 25.7. The summed E-state index contributed by atoms with van der Waals surface area (Å²) >= 11 is 0. The van der Waals surface area contributed by atoms with Crippen molar-refractivity contribution in [3.63, 3.8) is 0 Å². The molecule has 23 heavy (non-hydrogen) atoms. The van der Waals surface area contributed by atoms with Crippen molar-refractivity contribution in [1.82, 2.24) is 4.98 Å². The average molecular weight is 322 g/mol. The molecule has 1 aliphatic heterocycles. The standard InChI is InChI=1S/C17H26N2O4/c1-4-23-15-10-14(17(15)5-7-22-8-6-17)19-12-9-13(20-2)16(21-3)18-11-12/h9,11,14-15,19H,4-8,10H2,1-3H3. The smallest absolute Gasteiger partial charge is 0.256 e. The first-order valence-electron chi connectivity index (χ1n) is 8.27. The molecule has 1 aromatic heterocycles. The Labute approximate surface area is 137 Å². The molecule has 0 radical (unpaired) electrons. The molecule has 0 amide bonds. The van der Waals surface area contributed by atoms with Crippen LogP contribution in [0.1, 0.15) is 26.2 Å². The predicted octanol–water partition coefficient (Wildman–Crippen LogP) is 2.48. The number of ether oxygens (including phenoxy) is 4. The van der Waals surface area contributed by atoms with Crippen LogP contribution in [-0.4, -0.2) is 51.2 Å². The average Bonchev–Trinajstić information content (AvgIpc) is 2.61. The van der Waals surface area contributed by atoms with Crippen molar-refractivity contribution in [2.24, 2.45) is 5.41 Å². The van der Waals surface area contributed by atoms with Crippen LogP contribution < -0.4 is 14.8 Å². The molecule has 1 saturated heterocycles. The number of methoxy groups -OCH3 is 2. The second kappa shape index (κ2) is 6.93. The lowest BCUT2D eigenvalue weighted by molar-refractivity contribution is -0.159. The van der Waals surface area contributed by atoms with Crippen LogP contribution in [0.5, 0.6) is 11.6 Å². The fourth-order valence-corrected chi connectivity index (χ4v) is 3.82. The molecule has 1 aliphatic carbocycles. The van der Waals surface area contributed by atoms with Crippen LogP contribution in [0.15, 0.2) is 12.3 Å². The quantitative estimate of drug-likeness (QED) is 0.868. The summed E-state index contributed by atoms with van der Waals surface area (Å²) in [4.78, 5) is 4.30. The highest BCUT2D eigenvalue weighted by Crippen LogP contribution is 2.51. The summed E-state index contributed by atoms with van der Waals surface area (Å²) in [6, 6.07) is 2.32. The van der Waals surface area contributed by atoms with Gasteiger partial charge in [0, 0.05) is 37.3 Å². The van der Waals surface area contributed by atoms with E-state index in [1.165, 1.54) is 0 Å². The molecule has 6 nitrogen and oxygen atoms in total. The third-order valence-electron chi connectivity index (χ3n) is 5.15. The zero-order valence-corrected chi connectivity index (χ0v) is 14.1. The van der Waals surface area contributed by atoms with Crippen LogP contribution in [0.2, 0.25) is 0 Å². The molecule has 2 aliphatic rings. The monoisotopic (exact) mass is 322 g/mol. The summed E-state index contributed by atoms with van der Waals surface area (Å²) in [5, 5.41) is 3.62. The molecule has 1 aromatic rings. The molecule has 1 saturated carbocycles. The van der Waals surface area contributed by atoms with Gasteiger partial charge in [-0.05, 0) is 26.2 Å². The molecule has 0 aromatic carbocycles. The Kier molecular flexibility index (Phi) is 4.92. The van der Waals surface area contributed by atoms with Crippen molar-refractivity contribution >= 4 is 5.69 Å². The van der Waals surface area contributed by atoms with E-state index in [2.05, 4.69) is 17.2 Å². The van der Waals surface area contributed by atoms with E-state index in [9.17, 15) is 0 Å². The number of pyridine rings is 1. The molecule has 3 rings (SSSR count). The fraction of sp³-hybridized carbons (Fsp3) is 0.706. The minimum atomic E-state index is 0.168. The summed E-state index contributed by atoms with van der Waals surface area (Å²) in [7, 11) is 3.21. The van der Waals surface area contributed by atoms with Crippen molar-refractivity contribution < 1.29 is 18.9 Å². The number of nitrogens with one attached hydrogen (secondary N) is 1. The van der Waals surface area contributed by atoms with E-state index >= 15 is 0 Å². The highest BCUT2D eigenvalue weighted by atomic mass is 16.5. The maximum Gasteiger partial charge on any atom is 0.256 e. The maximum absolute atomic E-state index is 5.96. The van der Waals surface area contributed by atoms with Gasteiger partial charge in [0.05, 0.1) is 32.2 Å². The number of hydrogen-bond donors (Lipinski definition) is 1. The second-order valence-corrected chi connectivity index (χ2v) is 6.16. The Hall–Kier alpha value is -1.53. The van der Waals surface area contributed by atoms with Crippen molar-refractivity contribution in [3.8, 4) is 11.6 Å². The molecule has 2 atom stereocenters. The zero-order chi connectivity index (χ0) is 16.3. The Balaban J connectivity index is 1.74. The minimum Gasteiger partial charge on any atom is -0.491 e. The second-order valence-electron chi connectivity index (χ2n) is 6.16. The molecular formula is C17H26N2O4. The maximum atomic E-state index is 5.96. The van der Waals surface area contributed by atoms with Gasteiger partial charge in [0.15, 0.2) is 5.75 Å². The minimum absolute atomic E-state index is 0.168. The van der Waals surface area contributed by atoms with Gasteiger partial charge in [0.25, 0.3) is 5.88 Å². The first-order valence-corrected chi connectivity index (χ1v) is 8.27. The summed E-state index contributed by atoms with van der Waals surface area (Å²) in [5.74, 6) is 1.14. The Bertz CT molecular complexity index is 531. The van der Waals surface area contributed by atoms with E-state index in [0.29, 0.717) is 23.8 Å². The molecule has 1 N–H and O–H groups in total. The van der Waals surface area contributed by atoms with E-state index in [1.54, 1.807) is 20.4 Å². The van der Waals surface area contributed by atoms with Gasteiger partial charge in [0.2, 0.25) is 0 Å². The van der Waals surface area contributed by atoms with Crippen molar-refractivity contribution in [1.29, 1.82) is 0 Å². The first-order chi connectivity index (χ1) is 11.2. The van der Waals surface area contributed by atoms with Gasteiger partial charge in [-0.15, -0.1) is 0 Å². The predicted molar refractivity (Wildman–Crippen MR) is 87.3 cm³/mol. The van der Waals surface area contributed by atoms with Crippen LogP contribution in [0.3, 0.4) is 0 Å². The Morgan fingerprint density at radius 2 is 2.09 bits per heavy atom. The lowest BCUT2D eigenvalue weighted by atomic mass is 9.57. The number of rotatable bonds is 6. The molecule has 2 unspecified atom stereocenters. The number of anilines is 1. The van der Waals surface area contributed by atoms with Crippen LogP contribution in [-0.2, 0) is 9.47 Å². The van der Waals surface area contributed by atoms with Gasteiger partial charge in [0.1, 0.15) is 0 Å². The molecule has 128 valence electrons. The van der Waals surface area contributed by atoms with Gasteiger partial charge in [-0.1, -0.05) is 0 Å². The lowest BCUT2D eigenvalue weighted by Crippen LogP contribution is -2.63. The fourth-order valence-electron chi connectivity index (χ4n) is 3.82. The molecular weight excluding hydrogens is 296 g/mol. The summed E-state index contributed by atoms with van der Waals surface area (Å²) in [6.45, 7) is 4.45. The third kappa shape index (κ3) is 2.97. The topological polar surface area (TPSA) is 61.8 Å². The van der Waals surface area contributed by atoms with Gasteiger partial charge >= 0.3 is 0 Å². The van der Waals surface area contributed by atoms with Gasteiger partial charge < -0.3 is 24.3 Å². The van der Waals surface area contributed by atoms with Crippen LogP contribution in [0.4, 0.5) is 5.69 Å². The van der Waals surface area contributed by atoms with Gasteiger partial charge in [-0.25, -0.2) is 4.98 Å². The van der Waals surface area contributed by atoms with Crippen molar-refractivity contribution in [2.75, 3.05) is 39.4 Å². The number of nitrogens with zero attached hydrogens (tertiary/aromatic N) is 1. The summed E-state index contributed by atoms with van der Waals surface area (Å²) in [6.07, 6.45) is 5.21. The molecule has 6 heteroatoms. The molecule has 0 bridgehead atoms. The lowest BCUT2D eigenvalue weighted by Gasteiger charge is -2.57. The Morgan fingerprint density at radius 1 is 1.30 bits per heavy atom. The van der Waals surface area contributed by atoms with E-state index in [1.807, 2.05) is 6.07 Å². The van der Waals surface area contributed by atoms with Crippen LogP contribution in [0, 0.1) is 5.41 Å². The van der Waals surface area contributed by atoms with E-state index < -0.39 is 0 Å². The SMILES string of the molecule is CCOC1CC(Nc2cnc(OC)c(OC)c2)C12CCOCC2. The van der Waals surface area contributed by atoms with Gasteiger partial charge in [-0.3, -0.25) is 0 Å². The van der Waals surface area contributed by atoms with Crippen LogP contribution >= 0.6 is 0 Å². The highest BCUT2D eigenvalue weighted by molar-refractivity contribution is 5.51. The van der Waals surface area contributed by atoms with Crippen molar-refractivity contribution in [2.45, 2.75) is 38.3 Å². The van der Waals surface area contributed by atoms with E-state index in [4.69, 9.17) is 18.9 Å². The molecule has 2 heterocycles. The zero-order valence-electron chi connectivity index (χ0n) is 14.1. The number of aromatic nitrogens is 1. The molecule has 1 spiro atoms. The summed E-state index contributed by atoms with van der Waals surface area (Å²) < 4.78 is 22.1. The Morgan fingerprint density at radius 3 is 2.74 bits per heavy atom. The first kappa shape index (κ1) is 16.3. The van der Waals surface area contributed by atoms with E-state index in [-0.39, 0.29) is 5.41 Å².